The number of allylic oxidation sites excluding steroid dienone is 2. The van der Waals surface area contributed by atoms with E-state index in [1.807, 2.05) is 23.1 Å². The van der Waals surface area contributed by atoms with Gasteiger partial charge in [-0.2, -0.15) is 5.10 Å². The lowest BCUT2D eigenvalue weighted by atomic mass is 10.0. The van der Waals surface area contributed by atoms with Gasteiger partial charge in [0.15, 0.2) is 0 Å². The molecule has 1 amide bonds. The van der Waals surface area contributed by atoms with Crippen molar-refractivity contribution in [2.75, 3.05) is 19.6 Å². The van der Waals surface area contributed by atoms with Gasteiger partial charge in [0, 0.05) is 37.2 Å². The third kappa shape index (κ3) is 2.82. The second kappa shape index (κ2) is 5.88. The topological polar surface area (TPSA) is 41.4 Å². The van der Waals surface area contributed by atoms with Gasteiger partial charge in [0.05, 0.1) is 12.6 Å². The average Bonchev–Trinajstić information content (AvgIpc) is 3.17. The zero-order valence-corrected chi connectivity index (χ0v) is 13.0. The number of amides is 1. The fraction of sp³-hybridized carbons (Fsp3) is 0.647. The van der Waals surface area contributed by atoms with Gasteiger partial charge < -0.3 is 4.90 Å². The Morgan fingerprint density at radius 3 is 2.82 bits per heavy atom. The Kier molecular flexibility index (Phi) is 3.74. The number of carbonyl (C=O) groups excluding carboxylic acids is 1. The highest BCUT2D eigenvalue weighted by Crippen LogP contribution is 2.34. The first-order chi connectivity index (χ1) is 10.8. The Hall–Kier alpha value is -1.62. The van der Waals surface area contributed by atoms with E-state index in [1.54, 1.807) is 0 Å². The number of likely N-dealkylation sites (tertiary alicyclic amines) is 1. The molecule has 0 aromatic carbocycles. The molecule has 1 aromatic heterocycles. The van der Waals surface area contributed by atoms with Gasteiger partial charge in [0.1, 0.15) is 0 Å². The zero-order valence-electron chi connectivity index (χ0n) is 13.0. The van der Waals surface area contributed by atoms with Crippen molar-refractivity contribution in [3.8, 4) is 0 Å². The molecule has 0 atom stereocenters. The van der Waals surface area contributed by atoms with Crippen LogP contribution in [-0.4, -0.2) is 51.2 Å². The molecular formula is C17H24N4O. The van der Waals surface area contributed by atoms with E-state index >= 15 is 0 Å². The van der Waals surface area contributed by atoms with Gasteiger partial charge in [0.25, 0.3) is 0 Å². The summed E-state index contributed by atoms with van der Waals surface area (Å²) >= 11 is 0. The molecule has 3 aliphatic rings. The smallest absolute Gasteiger partial charge is 0.241 e. The lowest BCUT2D eigenvalue weighted by Crippen LogP contribution is -2.52. The molecule has 2 heterocycles. The van der Waals surface area contributed by atoms with Crippen LogP contribution in [0.2, 0.25) is 0 Å². The highest BCUT2D eigenvalue weighted by Gasteiger charge is 2.37. The number of hydrogen-bond donors (Lipinski definition) is 0. The molecule has 0 radical (unpaired) electrons. The number of hydrogen-bond acceptors (Lipinski definition) is 3. The van der Waals surface area contributed by atoms with E-state index < -0.39 is 0 Å². The number of carbonyl (C=O) groups is 1. The normalized spacial score (nSPS) is 23.0. The fourth-order valence-corrected chi connectivity index (χ4v) is 3.57. The molecule has 1 saturated carbocycles. The van der Waals surface area contributed by atoms with Gasteiger partial charge in [-0.25, -0.2) is 0 Å². The van der Waals surface area contributed by atoms with Crippen LogP contribution in [-0.2, 0) is 4.79 Å². The summed E-state index contributed by atoms with van der Waals surface area (Å²) in [5.41, 5.74) is 1.29. The molecular weight excluding hydrogens is 276 g/mol. The molecule has 5 nitrogen and oxygen atoms in total. The van der Waals surface area contributed by atoms with Crippen LogP contribution in [0, 0.1) is 0 Å². The van der Waals surface area contributed by atoms with Crippen LogP contribution in [0.15, 0.2) is 30.2 Å². The molecule has 1 aromatic rings. The molecule has 22 heavy (non-hydrogen) atoms. The second-order valence-corrected chi connectivity index (χ2v) is 6.77. The van der Waals surface area contributed by atoms with Crippen LogP contribution < -0.4 is 0 Å². The Bertz CT molecular complexity index is 555. The van der Waals surface area contributed by atoms with Crippen molar-refractivity contribution < 1.29 is 4.79 Å². The van der Waals surface area contributed by atoms with Crippen LogP contribution >= 0.6 is 0 Å². The lowest BCUT2D eigenvalue weighted by molar-refractivity contribution is -0.132. The largest absolute Gasteiger partial charge is 0.312 e. The highest BCUT2D eigenvalue weighted by atomic mass is 16.2. The minimum atomic E-state index is 0.301. The van der Waals surface area contributed by atoms with E-state index in [4.69, 9.17) is 0 Å². The van der Waals surface area contributed by atoms with Crippen LogP contribution in [0.5, 0.6) is 0 Å². The first-order valence-corrected chi connectivity index (χ1v) is 8.54. The third-order valence-corrected chi connectivity index (χ3v) is 4.95. The molecule has 1 aliphatic heterocycles. The minimum Gasteiger partial charge on any atom is -0.312 e. The summed E-state index contributed by atoms with van der Waals surface area (Å²) in [6.45, 7) is 2.43. The second-order valence-electron chi connectivity index (χ2n) is 6.77. The first-order valence-electron chi connectivity index (χ1n) is 8.54. The first kappa shape index (κ1) is 14.0. The molecule has 0 bridgehead atoms. The molecule has 0 spiro atoms. The van der Waals surface area contributed by atoms with Gasteiger partial charge in [-0.3, -0.25) is 14.4 Å². The van der Waals surface area contributed by atoms with E-state index in [0.717, 1.165) is 25.9 Å². The maximum atomic E-state index is 12.7. The van der Waals surface area contributed by atoms with E-state index in [-0.39, 0.29) is 0 Å². The van der Waals surface area contributed by atoms with Crippen molar-refractivity contribution >= 4 is 5.91 Å². The molecule has 1 saturated heterocycles. The van der Waals surface area contributed by atoms with Gasteiger partial charge in [-0.15, -0.1) is 0 Å². The van der Waals surface area contributed by atoms with E-state index in [0.29, 0.717) is 24.5 Å². The van der Waals surface area contributed by atoms with E-state index in [9.17, 15) is 4.79 Å². The highest BCUT2D eigenvalue weighted by molar-refractivity contribution is 5.81. The zero-order chi connectivity index (χ0) is 14.9. The van der Waals surface area contributed by atoms with Crippen molar-refractivity contribution in [1.29, 1.82) is 0 Å². The van der Waals surface area contributed by atoms with Crippen molar-refractivity contribution in [1.82, 2.24) is 19.6 Å². The average molecular weight is 300 g/mol. The Morgan fingerprint density at radius 1 is 1.32 bits per heavy atom. The standard InChI is InChI=1S/C17H24N4O/c22-17(13-19-11-16(12-19)20-10-4-9-18-20)21(15-7-8-15)14-5-2-1-3-6-14/h4-5,9-10,15-16H,1-3,6-8,11-13H2. The quantitative estimate of drug-likeness (QED) is 0.837. The SMILES string of the molecule is O=C(CN1CC(n2cccn2)C1)N(C1=CCCCC1)C1CC1. The Labute approximate surface area is 131 Å². The minimum absolute atomic E-state index is 0.301. The van der Waals surface area contributed by atoms with E-state index in [1.165, 1.54) is 31.4 Å². The summed E-state index contributed by atoms with van der Waals surface area (Å²) in [6.07, 6.45) is 13.2. The van der Waals surface area contributed by atoms with Crippen LogP contribution in [0.3, 0.4) is 0 Å². The number of rotatable bonds is 5. The predicted molar refractivity (Wildman–Crippen MR) is 84.1 cm³/mol. The van der Waals surface area contributed by atoms with Crippen LogP contribution in [0.4, 0.5) is 0 Å². The third-order valence-electron chi connectivity index (χ3n) is 4.95. The maximum Gasteiger partial charge on any atom is 0.241 e. The molecule has 2 aliphatic carbocycles. The lowest BCUT2D eigenvalue weighted by Gasteiger charge is -2.40. The summed E-state index contributed by atoms with van der Waals surface area (Å²) in [5.74, 6) is 0.301. The molecule has 0 N–H and O–H groups in total. The molecule has 4 rings (SSSR count). The van der Waals surface area contributed by atoms with Crippen molar-refractivity contribution in [2.24, 2.45) is 0 Å². The van der Waals surface area contributed by atoms with Crippen LogP contribution in [0.1, 0.15) is 44.6 Å². The molecule has 5 heteroatoms. The molecule has 118 valence electrons. The van der Waals surface area contributed by atoms with Crippen LogP contribution in [0.25, 0.3) is 0 Å². The van der Waals surface area contributed by atoms with Crippen molar-refractivity contribution in [3.63, 3.8) is 0 Å². The summed E-state index contributed by atoms with van der Waals surface area (Å²) in [7, 11) is 0. The summed E-state index contributed by atoms with van der Waals surface area (Å²) < 4.78 is 2.00. The summed E-state index contributed by atoms with van der Waals surface area (Å²) in [6, 6.07) is 2.88. The molecule has 2 fully saturated rings. The Balaban J connectivity index is 1.34. The number of aromatic nitrogens is 2. The Morgan fingerprint density at radius 2 is 2.18 bits per heavy atom. The van der Waals surface area contributed by atoms with Gasteiger partial charge in [-0.05, 0) is 44.6 Å². The van der Waals surface area contributed by atoms with Crippen molar-refractivity contribution in [3.05, 3.63) is 30.2 Å². The van der Waals surface area contributed by atoms with Gasteiger partial charge >= 0.3 is 0 Å². The molecule has 0 unspecified atom stereocenters. The van der Waals surface area contributed by atoms with Gasteiger partial charge in [0.2, 0.25) is 5.91 Å². The number of nitrogens with zero attached hydrogens (tertiary/aromatic N) is 4. The van der Waals surface area contributed by atoms with E-state index in [2.05, 4.69) is 21.0 Å². The monoisotopic (exact) mass is 300 g/mol. The van der Waals surface area contributed by atoms with Gasteiger partial charge in [-0.1, -0.05) is 6.08 Å². The van der Waals surface area contributed by atoms with Crippen molar-refractivity contribution in [2.45, 2.75) is 50.6 Å². The predicted octanol–water partition coefficient (Wildman–Crippen LogP) is 2.19. The maximum absolute atomic E-state index is 12.7. The summed E-state index contributed by atoms with van der Waals surface area (Å²) in [5, 5.41) is 4.28. The fourth-order valence-electron chi connectivity index (χ4n) is 3.57. The summed E-state index contributed by atoms with van der Waals surface area (Å²) in [4.78, 5) is 17.1.